The van der Waals surface area contributed by atoms with Crippen molar-refractivity contribution < 1.29 is 0 Å². The first kappa shape index (κ1) is 33.0. The molecule has 5 nitrogen and oxygen atoms in total. The third kappa shape index (κ3) is 5.92. The normalized spacial score (nSPS) is 15.4. The summed E-state index contributed by atoms with van der Waals surface area (Å²) in [6, 6.07) is 58.2. The first-order valence-electron chi connectivity index (χ1n) is 19.6. The van der Waals surface area contributed by atoms with Crippen LogP contribution in [0, 0.1) is 0 Å². The van der Waals surface area contributed by atoms with Gasteiger partial charge in [0.2, 0.25) is 0 Å². The van der Waals surface area contributed by atoms with Crippen LogP contribution in [0.25, 0.3) is 66.1 Å². The maximum atomic E-state index is 5.21. The van der Waals surface area contributed by atoms with Gasteiger partial charge < -0.3 is 5.32 Å². The Balaban J connectivity index is 0.967. The molecule has 3 heterocycles. The number of benzene rings is 7. The lowest BCUT2D eigenvalue weighted by molar-refractivity contribution is 0.674. The highest BCUT2D eigenvalue weighted by Gasteiger charge is 2.22. The molecule has 1 atom stereocenters. The summed E-state index contributed by atoms with van der Waals surface area (Å²) in [5, 5.41) is 8.44. The summed E-state index contributed by atoms with van der Waals surface area (Å²) >= 11 is 0. The minimum absolute atomic E-state index is 0.298. The van der Waals surface area contributed by atoms with E-state index in [1.807, 2.05) is 12.1 Å². The predicted molar refractivity (Wildman–Crippen MR) is 237 cm³/mol. The van der Waals surface area contributed by atoms with Crippen LogP contribution >= 0.6 is 0 Å². The maximum absolute atomic E-state index is 5.21. The molecular formula is C52H37N5. The van der Waals surface area contributed by atoms with E-state index in [0.29, 0.717) is 5.84 Å². The predicted octanol–water partition coefficient (Wildman–Crippen LogP) is 12.4. The Kier molecular flexibility index (Phi) is 7.95. The van der Waals surface area contributed by atoms with Crippen LogP contribution in [0.3, 0.4) is 0 Å². The lowest BCUT2D eigenvalue weighted by Crippen LogP contribution is -2.33. The summed E-state index contributed by atoms with van der Waals surface area (Å²) < 4.78 is 2.21. The van der Waals surface area contributed by atoms with Crippen LogP contribution in [0.2, 0.25) is 0 Å². The molecule has 57 heavy (non-hydrogen) atoms. The van der Waals surface area contributed by atoms with Crippen molar-refractivity contribution in [2.24, 2.45) is 9.98 Å². The number of aliphatic imine (C=N–C) groups is 2. The van der Waals surface area contributed by atoms with E-state index < -0.39 is 0 Å². The fourth-order valence-electron chi connectivity index (χ4n) is 8.40. The topological polar surface area (TPSA) is 54.0 Å². The van der Waals surface area contributed by atoms with Crippen LogP contribution in [0.1, 0.15) is 41.3 Å². The fourth-order valence-corrected chi connectivity index (χ4v) is 8.40. The van der Waals surface area contributed by atoms with Gasteiger partial charge in [0.05, 0.1) is 11.0 Å². The molecule has 0 spiro atoms. The molecule has 1 unspecified atom stereocenters. The lowest BCUT2D eigenvalue weighted by Gasteiger charge is -2.24. The zero-order valence-corrected chi connectivity index (χ0v) is 31.2. The Hall–Kier alpha value is -7.37. The van der Waals surface area contributed by atoms with Crippen molar-refractivity contribution in [2.75, 3.05) is 0 Å². The molecule has 5 heteroatoms. The van der Waals surface area contributed by atoms with Gasteiger partial charge in [0.1, 0.15) is 17.6 Å². The van der Waals surface area contributed by atoms with Gasteiger partial charge in [-0.1, -0.05) is 164 Å². The number of allylic oxidation sites excluding steroid dienone is 4. The summed E-state index contributed by atoms with van der Waals surface area (Å²) in [6.45, 7) is 0. The Morgan fingerprint density at radius 2 is 1.21 bits per heavy atom. The average Bonchev–Trinajstić information content (AvgIpc) is 3.70. The van der Waals surface area contributed by atoms with Gasteiger partial charge in [-0.2, -0.15) is 0 Å². The molecule has 0 saturated heterocycles. The molecule has 11 rings (SSSR count). The van der Waals surface area contributed by atoms with E-state index >= 15 is 0 Å². The van der Waals surface area contributed by atoms with E-state index in [1.54, 1.807) is 0 Å². The quantitative estimate of drug-likeness (QED) is 0.173. The molecule has 1 aliphatic carbocycles. The molecule has 0 fully saturated rings. The fraction of sp³-hybridized carbons (Fsp3) is 0.0577. The van der Waals surface area contributed by atoms with Crippen molar-refractivity contribution in [1.29, 1.82) is 0 Å². The summed E-state index contributed by atoms with van der Waals surface area (Å²) in [7, 11) is 0. The Morgan fingerprint density at radius 1 is 0.544 bits per heavy atom. The molecule has 9 aromatic rings. The Bertz CT molecular complexity index is 3110. The molecule has 7 aromatic carbocycles. The third-order valence-electron chi connectivity index (χ3n) is 11.4. The van der Waals surface area contributed by atoms with Crippen LogP contribution in [0.5, 0.6) is 0 Å². The van der Waals surface area contributed by atoms with Crippen LogP contribution in [-0.4, -0.2) is 21.1 Å². The molecule has 0 bridgehead atoms. The zero-order chi connectivity index (χ0) is 37.7. The van der Waals surface area contributed by atoms with Gasteiger partial charge in [-0.3, -0.25) is 4.40 Å². The van der Waals surface area contributed by atoms with Gasteiger partial charge in [-0.05, 0) is 80.8 Å². The first-order valence-corrected chi connectivity index (χ1v) is 19.6. The minimum Gasteiger partial charge on any atom is -0.344 e. The molecule has 270 valence electrons. The molecule has 1 N–H and O–H groups in total. The lowest BCUT2D eigenvalue weighted by atomic mass is 9.95. The Morgan fingerprint density at radius 3 is 2.02 bits per heavy atom. The van der Waals surface area contributed by atoms with Crippen LogP contribution in [0.15, 0.2) is 198 Å². The van der Waals surface area contributed by atoms with Gasteiger partial charge in [-0.15, -0.1) is 0 Å². The largest absolute Gasteiger partial charge is 0.344 e. The van der Waals surface area contributed by atoms with Crippen molar-refractivity contribution in [2.45, 2.75) is 19.0 Å². The number of pyridine rings is 1. The van der Waals surface area contributed by atoms with Crippen molar-refractivity contribution in [3.8, 4) is 22.3 Å². The molecule has 2 aromatic heterocycles. The third-order valence-corrected chi connectivity index (χ3v) is 11.4. The van der Waals surface area contributed by atoms with E-state index in [4.69, 9.17) is 15.0 Å². The number of aromatic nitrogens is 2. The zero-order valence-electron chi connectivity index (χ0n) is 31.2. The van der Waals surface area contributed by atoms with Gasteiger partial charge in [0.15, 0.2) is 5.84 Å². The minimum atomic E-state index is -0.298. The highest BCUT2D eigenvalue weighted by molar-refractivity contribution is 6.24. The molecule has 0 amide bonds. The van der Waals surface area contributed by atoms with Crippen molar-refractivity contribution in [1.82, 2.24) is 14.7 Å². The second kappa shape index (κ2) is 13.7. The summed E-state index contributed by atoms with van der Waals surface area (Å²) in [5.41, 5.74) is 13.5. The smallest absolute Gasteiger partial charge is 0.159 e. The number of nitrogens with zero attached hydrogens (tertiary/aromatic N) is 4. The van der Waals surface area contributed by atoms with E-state index in [1.165, 1.54) is 38.4 Å². The number of nitrogens with one attached hydrogen (secondary N) is 1. The van der Waals surface area contributed by atoms with Gasteiger partial charge >= 0.3 is 0 Å². The number of imidazole rings is 1. The number of amidine groups is 2. The van der Waals surface area contributed by atoms with Crippen molar-refractivity contribution >= 4 is 55.5 Å². The highest BCUT2D eigenvalue weighted by Crippen LogP contribution is 2.38. The molecule has 0 saturated carbocycles. The molecule has 2 aliphatic rings. The number of hydrogen-bond acceptors (Lipinski definition) is 4. The van der Waals surface area contributed by atoms with Crippen LogP contribution in [0.4, 0.5) is 0 Å². The SMILES string of the molecule is C1=CCCC(c2ccc(C3=NC(c4ccc(-c5ccc6c(c5)c5ccccc5c5nc7ccccn7c65)cc4)=NC(c4ccc(-c5ccccc5)cc4)N3)cc2)=C1. The molecule has 0 radical (unpaired) electrons. The second-order valence-electron chi connectivity index (χ2n) is 14.8. The summed E-state index contributed by atoms with van der Waals surface area (Å²) in [6.07, 6.45) is 10.5. The van der Waals surface area contributed by atoms with E-state index in [0.717, 1.165) is 68.6 Å². The number of fused-ring (bicyclic) bond motifs is 8. The van der Waals surface area contributed by atoms with Gasteiger partial charge in [0.25, 0.3) is 0 Å². The van der Waals surface area contributed by atoms with Gasteiger partial charge in [0, 0.05) is 28.1 Å². The summed E-state index contributed by atoms with van der Waals surface area (Å²) in [4.78, 5) is 15.4. The summed E-state index contributed by atoms with van der Waals surface area (Å²) in [5.74, 6) is 1.52. The van der Waals surface area contributed by atoms with Crippen LogP contribution < -0.4 is 5.32 Å². The van der Waals surface area contributed by atoms with Crippen LogP contribution in [-0.2, 0) is 0 Å². The number of hydrogen-bond donors (Lipinski definition) is 1. The highest BCUT2D eigenvalue weighted by atomic mass is 15.2. The average molecular weight is 732 g/mol. The second-order valence-corrected chi connectivity index (χ2v) is 14.8. The van der Waals surface area contributed by atoms with E-state index in [-0.39, 0.29) is 6.17 Å². The standard InChI is InChI=1S/C52H37N5/c1-3-11-34(12-4-1)36-18-24-39(25-19-36)50-54-51(40-26-20-37(21-27-40)35-13-5-2-6-14-35)56-52(55-50)41-28-22-38(23-29-41)42-30-31-45-46(33-42)43-15-7-8-16-44(43)48-49(45)57-32-10-9-17-47(57)53-48/h1-5,7-13,15-33,50H,6,14H2,(H,54,55,56). The first-order chi connectivity index (χ1) is 28.2. The van der Waals surface area contributed by atoms with Crippen molar-refractivity contribution in [3.63, 3.8) is 0 Å². The van der Waals surface area contributed by atoms with E-state index in [2.05, 4.69) is 186 Å². The Labute approximate surface area is 330 Å². The van der Waals surface area contributed by atoms with Gasteiger partial charge in [-0.25, -0.2) is 15.0 Å². The number of rotatable bonds is 6. The maximum Gasteiger partial charge on any atom is 0.159 e. The molecule has 1 aliphatic heterocycles. The monoisotopic (exact) mass is 731 g/mol. The molecular weight excluding hydrogens is 695 g/mol. The van der Waals surface area contributed by atoms with Crippen molar-refractivity contribution in [3.05, 3.63) is 210 Å². The van der Waals surface area contributed by atoms with E-state index in [9.17, 15) is 0 Å².